The van der Waals surface area contributed by atoms with Gasteiger partial charge in [0.25, 0.3) is 5.91 Å². The van der Waals surface area contributed by atoms with Gasteiger partial charge in [-0.3, -0.25) is 4.79 Å². The normalized spacial score (nSPS) is 11.9. The molecule has 1 N–H and O–H groups in total. The summed E-state index contributed by atoms with van der Waals surface area (Å²) in [6.45, 7) is 3.66. The average Bonchev–Trinajstić information content (AvgIpc) is 3.07. The number of anilines is 1. The van der Waals surface area contributed by atoms with Crippen molar-refractivity contribution in [1.29, 1.82) is 0 Å². The number of hydrogen-bond acceptors (Lipinski definition) is 6. The molecule has 1 unspecified atom stereocenters. The van der Waals surface area contributed by atoms with Crippen LogP contribution in [0, 0.1) is 6.92 Å². The van der Waals surface area contributed by atoms with Crippen molar-refractivity contribution in [2.24, 2.45) is 0 Å². The maximum absolute atomic E-state index is 12.3. The Kier molecular flexibility index (Phi) is 4.74. The Hall–Kier alpha value is -3.22. The monoisotopic (exact) mass is 339 g/mol. The van der Waals surface area contributed by atoms with Gasteiger partial charge in [-0.15, -0.1) is 0 Å². The molecule has 25 heavy (non-hydrogen) atoms. The second-order valence-electron chi connectivity index (χ2n) is 5.54. The summed E-state index contributed by atoms with van der Waals surface area (Å²) in [5.41, 5.74) is 2.39. The highest BCUT2D eigenvalue weighted by Crippen LogP contribution is 2.16. The number of nitrogens with one attached hydrogen (secondary N) is 1. The summed E-state index contributed by atoms with van der Waals surface area (Å²) in [6, 6.07) is 8.35. The van der Waals surface area contributed by atoms with E-state index in [-0.39, 0.29) is 0 Å². The third-order valence-corrected chi connectivity index (χ3v) is 3.65. The lowest BCUT2D eigenvalue weighted by Gasteiger charge is -2.16. The molecule has 0 fully saturated rings. The Labute approximate surface area is 144 Å². The van der Waals surface area contributed by atoms with E-state index in [1.54, 1.807) is 31.3 Å². The van der Waals surface area contributed by atoms with Crippen molar-refractivity contribution in [2.45, 2.75) is 26.4 Å². The van der Waals surface area contributed by atoms with Crippen molar-refractivity contribution in [1.82, 2.24) is 9.97 Å². The number of ether oxygens (including phenoxy) is 1. The molecular formula is C18H17N3O4. The van der Waals surface area contributed by atoms with Crippen molar-refractivity contribution in [3.63, 3.8) is 0 Å². The molecule has 2 heterocycles. The number of esters is 1. The second kappa shape index (κ2) is 7.12. The van der Waals surface area contributed by atoms with E-state index in [0.717, 1.165) is 5.56 Å². The number of carbonyl (C=O) groups is 2. The van der Waals surface area contributed by atoms with Crippen LogP contribution in [0.2, 0.25) is 0 Å². The zero-order valence-corrected chi connectivity index (χ0v) is 13.9. The van der Waals surface area contributed by atoms with Crippen LogP contribution in [0.1, 0.15) is 29.3 Å². The number of amides is 1. The standard InChI is InChI=1S/C18H17N3O4/c1-3-14(17(22)21-16-8-11(2)6-7-19-16)25-18(23)12-4-5-13-15(9-12)24-10-20-13/h4-10,14H,3H2,1-2H3,(H,19,21,22). The number of aryl methyl sites for hydroxylation is 1. The van der Waals surface area contributed by atoms with Crippen LogP contribution in [0.15, 0.2) is 47.3 Å². The molecular weight excluding hydrogens is 322 g/mol. The van der Waals surface area contributed by atoms with Gasteiger partial charge < -0.3 is 14.5 Å². The number of aromatic nitrogens is 2. The van der Waals surface area contributed by atoms with Gasteiger partial charge in [-0.2, -0.15) is 0 Å². The smallest absolute Gasteiger partial charge is 0.339 e. The Bertz CT molecular complexity index is 919. The number of hydrogen-bond donors (Lipinski definition) is 1. The van der Waals surface area contributed by atoms with Gasteiger partial charge in [-0.1, -0.05) is 6.92 Å². The molecule has 128 valence electrons. The first-order valence-corrected chi connectivity index (χ1v) is 7.84. The quantitative estimate of drug-likeness (QED) is 0.718. The van der Waals surface area contributed by atoms with Gasteiger partial charge in [0, 0.05) is 6.20 Å². The Morgan fingerprint density at radius 3 is 2.84 bits per heavy atom. The lowest BCUT2D eigenvalue weighted by Crippen LogP contribution is -2.32. The number of nitrogens with zero attached hydrogens (tertiary/aromatic N) is 2. The lowest BCUT2D eigenvalue weighted by atomic mass is 10.2. The summed E-state index contributed by atoms with van der Waals surface area (Å²) in [7, 11) is 0. The molecule has 0 saturated carbocycles. The maximum atomic E-state index is 12.3. The number of benzene rings is 1. The largest absolute Gasteiger partial charge is 0.449 e. The van der Waals surface area contributed by atoms with E-state index in [9.17, 15) is 9.59 Å². The van der Waals surface area contributed by atoms with Crippen LogP contribution in [0.5, 0.6) is 0 Å². The third-order valence-electron chi connectivity index (χ3n) is 3.65. The highest BCUT2D eigenvalue weighted by molar-refractivity contribution is 5.98. The first kappa shape index (κ1) is 16.6. The summed E-state index contributed by atoms with van der Waals surface area (Å²) in [4.78, 5) is 32.7. The molecule has 2 aromatic heterocycles. The lowest BCUT2D eigenvalue weighted by molar-refractivity contribution is -0.124. The zero-order chi connectivity index (χ0) is 17.8. The summed E-state index contributed by atoms with van der Waals surface area (Å²) in [5, 5.41) is 2.66. The van der Waals surface area contributed by atoms with Crippen LogP contribution < -0.4 is 5.32 Å². The number of carbonyl (C=O) groups excluding carboxylic acids is 2. The Morgan fingerprint density at radius 2 is 2.08 bits per heavy atom. The van der Waals surface area contributed by atoms with Gasteiger partial charge in [-0.25, -0.2) is 14.8 Å². The molecule has 0 aliphatic carbocycles. The zero-order valence-electron chi connectivity index (χ0n) is 13.9. The summed E-state index contributed by atoms with van der Waals surface area (Å²) in [6.07, 6.45) is 2.33. The topological polar surface area (TPSA) is 94.3 Å². The van der Waals surface area contributed by atoms with E-state index in [2.05, 4.69) is 15.3 Å². The summed E-state index contributed by atoms with van der Waals surface area (Å²) >= 11 is 0. The highest BCUT2D eigenvalue weighted by atomic mass is 16.5. The van der Waals surface area contributed by atoms with E-state index in [4.69, 9.17) is 9.15 Å². The second-order valence-corrected chi connectivity index (χ2v) is 5.54. The fourth-order valence-electron chi connectivity index (χ4n) is 2.31. The molecule has 1 amide bonds. The average molecular weight is 339 g/mol. The van der Waals surface area contributed by atoms with Gasteiger partial charge in [0.1, 0.15) is 11.3 Å². The Balaban J connectivity index is 1.69. The van der Waals surface area contributed by atoms with Crippen LogP contribution in [-0.4, -0.2) is 27.9 Å². The molecule has 1 atom stereocenters. The van der Waals surface area contributed by atoms with Crippen LogP contribution in [0.25, 0.3) is 11.1 Å². The summed E-state index contributed by atoms with van der Waals surface area (Å²) < 4.78 is 10.5. The fraction of sp³-hybridized carbons (Fsp3) is 0.222. The van der Waals surface area contributed by atoms with E-state index in [1.165, 1.54) is 12.5 Å². The van der Waals surface area contributed by atoms with Crippen molar-refractivity contribution >= 4 is 28.8 Å². The fourth-order valence-corrected chi connectivity index (χ4v) is 2.31. The SMILES string of the molecule is CCC(OC(=O)c1ccc2ncoc2c1)C(=O)Nc1cc(C)ccn1. The van der Waals surface area contributed by atoms with Crippen molar-refractivity contribution in [2.75, 3.05) is 5.32 Å². The van der Waals surface area contributed by atoms with E-state index < -0.39 is 18.0 Å². The molecule has 1 aromatic carbocycles. The molecule has 3 aromatic rings. The molecule has 0 spiro atoms. The predicted molar refractivity (Wildman–Crippen MR) is 91.1 cm³/mol. The van der Waals surface area contributed by atoms with Crippen molar-refractivity contribution in [3.05, 3.63) is 54.0 Å². The van der Waals surface area contributed by atoms with Crippen LogP contribution >= 0.6 is 0 Å². The molecule has 0 aliphatic rings. The van der Waals surface area contributed by atoms with E-state index in [1.807, 2.05) is 13.0 Å². The van der Waals surface area contributed by atoms with Gasteiger partial charge in [0.05, 0.1) is 5.56 Å². The van der Waals surface area contributed by atoms with Gasteiger partial charge in [-0.05, 0) is 49.2 Å². The minimum atomic E-state index is -0.916. The van der Waals surface area contributed by atoms with Gasteiger partial charge in [0.15, 0.2) is 18.1 Å². The highest BCUT2D eigenvalue weighted by Gasteiger charge is 2.23. The molecule has 0 radical (unpaired) electrons. The van der Waals surface area contributed by atoms with E-state index in [0.29, 0.717) is 28.9 Å². The van der Waals surface area contributed by atoms with Gasteiger partial charge >= 0.3 is 5.97 Å². The molecule has 0 bridgehead atoms. The minimum absolute atomic E-state index is 0.296. The first-order chi connectivity index (χ1) is 12.1. The number of fused-ring (bicyclic) bond motifs is 1. The summed E-state index contributed by atoms with van der Waals surface area (Å²) in [5.74, 6) is -0.602. The maximum Gasteiger partial charge on any atom is 0.339 e. The molecule has 3 rings (SSSR count). The molecule has 0 saturated heterocycles. The first-order valence-electron chi connectivity index (χ1n) is 7.84. The third kappa shape index (κ3) is 3.82. The number of oxazole rings is 1. The van der Waals surface area contributed by atoms with Crippen molar-refractivity contribution in [3.8, 4) is 0 Å². The molecule has 7 nitrogen and oxygen atoms in total. The molecule has 0 aliphatic heterocycles. The molecule has 7 heteroatoms. The van der Waals surface area contributed by atoms with Crippen LogP contribution in [-0.2, 0) is 9.53 Å². The predicted octanol–water partition coefficient (Wildman–Crippen LogP) is 3.11. The number of pyridine rings is 1. The number of rotatable bonds is 5. The van der Waals surface area contributed by atoms with Crippen LogP contribution in [0.3, 0.4) is 0 Å². The van der Waals surface area contributed by atoms with Crippen LogP contribution in [0.4, 0.5) is 5.82 Å². The Morgan fingerprint density at radius 1 is 1.24 bits per heavy atom. The van der Waals surface area contributed by atoms with Crippen molar-refractivity contribution < 1.29 is 18.7 Å². The van der Waals surface area contributed by atoms with Gasteiger partial charge in [0.2, 0.25) is 0 Å². The van der Waals surface area contributed by atoms with E-state index >= 15 is 0 Å². The minimum Gasteiger partial charge on any atom is -0.449 e.